The molecule has 1 N–H and O–H groups in total. The smallest absolute Gasteiger partial charge is 0.135 e. The third-order valence-corrected chi connectivity index (χ3v) is 6.18. The summed E-state index contributed by atoms with van der Waals surface area (Å²) in [7, 11) is 0. The van der Waals surface area contributed by atoms with E-state index in [1.165, 1.54) is 0 Å². The Hall–Kier alpha value is -4.08. The Bertz CT molecular complexity index is 1700. The molecule has 0 amide bonds. The molecule has 0 unspecified atom stereocenters. The molecule has 0 radical (unpaired) electrons. The topological polar surface area (TPSA) is 42.3 Å². The van der Waals surface area contributed by atoms with Crippen molar-refractivity contribution in [3.05, 3.63) is 122 Å². The van der Waals surface area contributed by atoms with Gasteiger partial charge in [0.05, 0.1) is 0 Å². The minimum atomic E-state index is 0. The van der Waals surface area contributed by atoms with Crippen LogP contribution < -0.4 is 15.0 Å². The molecule has 0 spiro atoms. The summed E-state index contributed by atoms with van der Waals surface area (Å²) in [6, 6.07) is 39.2. The first-order valence-corrected chi connectivity index (χ1v) is 11.4. The van der Waals surface area contributed by atoms with Crippen LogP contribution in [0.5, 0.6) is 11.5 Å². The number of aromatic nitrogens is 2. The Labute approximate surface area is 223 Å². The maximum Gasteiger partial charge on any atom is 0.135 e. The van der Waals surface area contributed by atoms with Crippen molar-refractivity contribution in [1.29, 1.82) is 0 Å². The SMILES string of the molecule is [Pt].[c-]1c(Oc2[c-]c3c(cc2)c2ccccc2n3-c2ccccn2)cccc1N1[CH-]Nc2ccccc21. The van der Waals surface area contributed by atoms with Gasteiger partial charge in [-0.1, -0.05) is 41.9 Å². The number of fused-ring (bicyclic) bond motifs is 4. The van der Waals surface area contributed by atoms with Crippen molar-refractivity contribution in [1.82, 2.24) is 9.55 Å². The number of benzene rings is 4. The number of rotatable bonds is 4. The van der Waals surface area contributed by atoms with E-state index in [-0.39, 0.29) is 21.1 Å². The molecule has 0 saturated carbocycles. The van der Waals surface area contributed by atoms with Crippen LogP contribution in [0.3, 0.4) is 0 Å². The predicted octanol–water partition coefficient (Wildman–Crippen LogP) is 7.25. The van der Waals surface area contributed by atoms with Gasteiger partial charge >= 0.3 is 0 Å². The van der Waals surface area contributed by atoms with Crippen molar-refractivity contribution in [2.24, 2.45) is 0 Å². The van der Waals surface area contributed by atoms with Gasteiger partial charge in [-0.2, -0.15) is 18.8 Å². The van der Waals surface area contributed by atoms with Crippen molar-refractivity contribution in [3.63, 3.8) is 0 Å². The normalized spacial score (nSPS) is 12.3. The molecule has 7 rings (SSSR count). The molecular weight excluding hydrogens is 627 g/mol. The minimum absolute atomic E-state index is 0. The van der Waals surface area contributed by atoms with Crippen molar-refractivity contribution in [2.75, 3.05) is 10.2 Å². The molecule has 36 heavy (non-hydrogen) atoms. The Balaban J connectivity index is 0.00000240. The summed E-state index contributed by atoms with van der Waals surface area (Å²) in [6.07, 6.45) is 1.80. The number of anilines is 3. The molecule has 1 aliphatic rings. The van der Waals surface area contributed by atoms with Gasteiger partial charge in [0.15, 0.2) is 0 Å². The average molecular weight is 647 g/mol. The third kappa shape index (κ3) is 3.73. The fourth-order valence-electron chi connectivity index (χ4n) is 4.62. The number of para-hydroxylation sites is 3. The second kappa shape index (κ2) is 9.18. The number of ether oxygens (including phenoxy) is 1. The van der Waals surface area contributed by atoms with Crippen molar-refractivity contribution in [2.45, 2.75) is 0 Å². The molecule has 178 valence electrons. The van der Waals surface area contributed by atoms with Crippen LogP contribution >= 0.6 is 0 Å². The van der Waals surface area contributed by atoms with Gasteiger partial charge in [-0.3, -0.25) is 0 Å². The number of pyridine rings is 1. The first-order valence-electron chi connectivity index (χ1n) is 11.4. The summed E-state index contributed by atoms with van der Waals surface area (Å²) in [5.41, 5.74) is 5.04. The van der Waals surface area contributed by atoms with Crippen molar-refractivity contribution in [3.8, 4) is 17.3 Å². The fraction of sp³-hybridized carbons (Fsp3) is 0. The van der Waals surface area contributed by atoms with Crippen LogP contribution in [0, 0.1) is 18.8 Å². The molecule has 5 nitrogen and oxygen atoms in total. The predicted molar refractivity (Wildman–Crippen MR) is 139 cm³/mol. The molecule has 0 aliphatic carbocycles. The second-order valence-corrected chi connectivity index (χ2v) is 8.29. The number of nitrogens with zero attached hydrogens (tertiary/aromatic N) is 3. The van der Waals surface area contributed by atoms with Crippen LogP contribution in [0.25, 0.3) is 27.6 Å². The van der Waals surface area contributed by atoms with Crippen LogP contribution in [0.4, 0.5) is 17.1 Å². The zero-order valence-corrected chi connectivity index (χ0v) is 21.2. The van der Waals surface area contributed by atoms with E-state index in [2.05, 4.69) is 68.3 Å². The van der Waals surface area contributed by atoms with Crippen molar-refractivity contribution >= 4 is 38.9 Å². The van der Waals surface area contributed by atoms with Gasteiger partial charge < -0.3 is 19.5 Å². The van der Waals surface area contributed by atoms with Crippen LogP contribution in [0.15, 0.2) is 103 Å². The fourth-order valence-corrected chi connectivity index (χ4v) is 4.62. The molecule has 1 aliphatic heterocycles. The van der Waals surface area contributed by atoms with Gasteiger partial charge in [0, 0.05) is 55.7 Å². The first-order chi connectivity index (χ1) is 17.3. The van der Waals surface area contributed by atoms with E-state index in [9.17, 15) is 0 Å². The summed E-state index contributed by atoms with van der Waals surface area (Å²) in [5, 5.41) is 5.55. The summed E-state index contributed by atoms with van der Waals surface area (Å²) in [5.74, 6) is 2.09. The average Bonchev–Trinajstić information content (AvgIpc) is 3.48. The minimum Gasteiger partial charge on any atom is -0.514 e. The molecule has 0 bridgehead atoms. The first kappa shape index (κ1) is 22.4. The molecule has 0 saturated heterocycles. The van der Waals surface area contributed by atoms with Gasteiger partial charge in [0.1, 0.15) is 5.82 Å². The van der Waals surface area contributed by atoms with Gasteiger partial charge in [0.2, 0.25) is 0 Å². The zero-order chi connectivity index (χ0) is 23.2. The summed E-state index contributed by atoms with van der Waals surface area (Å²) in [4.78, 5) is 6.65. The molecule has 0 atom stereocenters. The molecule has 4 aromatic carbocycles. The van der Waals surface area contributed by atoms with Crippen molar-refractivity contribution < 1.29 is 25.8 Å². The summed E-state index contributed by atoms with van der Waals surface area (Å²) in [6.45, 7) is 1.93. The molecule has 6 heteroatoms. The van der Waals surface area contributed by atoms with Gasteiger partial charge in [-0.15, -0.1) is 41.4 Å². The van der Waals surface area contributed by atoms with Crippen LogP contribution in [0.2, 0.25) is 0 Å². The number of hydrogen-bond acceptors (Lipinski definition) is 4. The van der Waals surface area contributed by atoms with E-state index >= 15 is 0 Å². The van der Waals surface area contributed by atoms with E-state index in [0.29, 0.717) is 11.5 Å². The summed E-state index contributed by atoms with van der Waals surface area (Å²) >= 11 is 0. The van der Waals surface area contributed by atoms with E-state index in [4.69, 9.17) is 4.74 Å². The molecule has 2 aromatic heterocycles. The largest absolute Gasteiger partial charge is 0.514 e. The number of hydrogen-bond donors (Lipinski definition) is 1. The molecule has 0 fully saturated rings. The molecule has 3 heterocycles. The van der Waals surface area contributed by atoms with E-state index < -0.39 is 0 Å². The molecular formula is C30H19N4OPt-3. The third-order valence-electron chi connectivity index (χ3n) is 6.18. The maximum absolute atomic E-state index is 6.26. The van der Waals surface area contributed by atoms with E-state index in [0.717, 1.165) is 44.7 Å². The van der Waals surface area contributed by atoms with Crippen LogP contribution in [-0.2, 0) is 21.1 Å². The van der Waals surface area contributed by atoms with Crippen LogP contribution in [0.1, 0.15) is 0 Å². The maximum atomic E-state index is 6.26. The number of nitrogens with one attached hydrogen (secondary N) is 1. The monoisotopic (exact) mass is 646 g/mol. The second-order valence-electron chi connectivity index (χ2n) is 8.29. The Morgan fingerprint density at radius 2 is 1.58 bits per heavy atom. The Kier molecular flexibility index (Phi) is 5.71. The molecule has 6 aromatic rings. The Morgan fingerprint density at radius 1 is 0.750 bits per heavy atom. The summed E-state index contributed by atoms with van der Waals surface area (Å²) < 4.78 is 8.38. The standard InChI is InChI=1S/C30H19N4O.Pt/c1-3-12-27-24(10-1)25-16-15-23(19-29(25)34(27)30-14-5-6-17-31-30)35-22-9-7-8-21(18-22)33-20-32-26-11-2-4-13-28(26)33;/h1-17,20,32H;/q-3;. The van der Waals surface area contributed by atoms with Gasteiger partial charge in [-0.05, 0) is 35.7 Å². The van der Waals surface area contributed by atoms with E-state index in [1.54, 1.807) is 6.20 Å². The van der Waals surface area contributed by atoms with E-state index in [1.807, 2.05) is 67.3 Å². The quantitative estimate of drug-likeness (QED) is 0.205. The van der Waals surface area contributed by atoms with Gasteiger partial charge in [0.25, 0.3) is 0 Å². The van der Waals surface area contributed by atoms with Crippen LogP contribution in [-0.4, -0.2) is 9.55 Å². The zero-order valence-electron chi connectivity index (χ0n) is 19.0. The van der Waals surface area contributed by atoms with Gasteiger partial charge in [-0.25, -0.2) is 4.98 Å². The Morgan fingerprint density at radius 3 is 2.50 bits per heavy atom.